The summed E-state index contributed by atoms with van der Waals surface area (Å²) in [5.74, 6) is 0. The van der Waals surface area contributed by atoms with E-state index in [2.05, 4.69) is 25.3 Å². The summed E-state index contributed by atoms with van der Waals surface area (Å²) in [5, 5.41) is 2.11. The second-order valence-electron chi connectivity index (χ2n) is 2.96. The van der Waals surface area contributed by atoms with Gasteiger partial charge in [0, 0.05) is 13.7 Å². The lowest BCUT2D eigenvalue weighted by Crippen LogP contribution is -2.05. The van der Waals surface area contributed by atoms with Gasteiger partial charge in [-0.3, -0.25) is 0 Å². The second-order valence-corrected chi connectivity index (χ2v) is 3.91. The van der Waals surface area contributed by atoms with Gasteiger partial charge in [0.15, 0.2) is 6.29 Å². The van der Waals surface area contributed by atoms with Crippen LogP contribution in [0.2, 0.25) is 0 Å². The molecule has 0 amide bonds. The standard InChI is InChI=1S/C10H16O2S/c1-4-5-12-10(11-3)9-6-8(2)7-13-9/h6-7,10H,4-5H2,1-3H3. The average molecular weight is 200 g/mol. The summed E-state index contributed by atoms with van der Waals surface area (Å²) in [5.41, 5.74) is 1.27. The molecule has 0 saturated heterocycles. The predicted octanol–water partition coefficient (Wildman–Crippen LogP) is 3.13. The quantitative estimate of drug-likeness (QED) is 0.680. The van der Waals surface area contributed by atoms with E-state index >= 15 is 0 Å². The first kappa shape index (κ1) is 10.7. The molecule has 1 heterocycles. The van der Waals surface area contributed by atoms with E-state index in [-0.39, 0.29) is 6.29 Å². The maximum Gasteiger partial charge on any atom is 0.192 e. The summed E-state index contributed by atoms with van der Waals surface area (Å²) in [7, 11) is 1.68. The summed E-state index contributed by atoms with van der Waals surface area (Å²) >= 11 is 1.68. The summed E-state index contributed by atoms with van der Waals surface area (Å²) < 4.78 is 10.8. The molecule has 0 N–H and O–H groups in total. The number of aryl methyl sites for hydroxylation is 1. The van der Waals surface area contributed by atoms with Crippen molar-refractivity contribution >= 4 is 11.3 Å². The van der Waals surface area contributed by atoms with Crippen LogP contribution in [0.4, 0.5) is 0 Å². The lowest BCUT2D eigenvalue weighted by Gasteiger charge is -2.13. The Labute approximate surface area is 83.5 Å². The maximum atomic E-state index is 5.53. The van der Waals surface area contributed by atoms with Crippen LogP contribution in [0.5, 0.6) is 0 Å². The lowest BCUT2D eigenvalue weighted by molar-refractivity contribution is -0.125. The van der Waals surface area contributed by atoms with Crippen molar-refractivity contribution in [3.05, 3.63) is 21.9 Å². The van der Waals surface area contributed by atoms with Gasteiger partial charge < -0.3 is 9.47 Å². The Hall–Kier alpha value is -0.380. The van der Waals surface area contributed by atoms with Crippen molar-refractivity contribution in [1.82, 2.24) is 0 Å². The summed E-state index contributed by atoms with van der Waals surface area (Å²) in [4.78, 5) is 1.15. The van der Waals surface area contributed by atoms with Crippen LogP contribution >= 0.6 is 11.3 Å². The molecule has 1 rings (SSSR count). The van der Waals surface area contributed by atoms with E-state index in [1.807, 2.05) is 0 Å². The number of ether oxygens (including phenoxy) is 2. The molecular formula is C10H16O2S. The highest BCUT2D eigenvalue weighted by molar-refractivity contribution is 7.10. The molecule has 1 atom stereocenters. The van der Waals surface area contributed by atoms with Crippen LogP contribution in [0.1, 0.15) is 30.1 Å². The molecule has 0 radical (unpaired) electrons. The third-order valence-electron chi connectivity index (χ3n) is 1.67. The van der Waals surface area contributed by atoms with Gasteiger partial charge in [0.1, 0.15) is 0 Å². The average Bonchev–Trinajstić information content (AvgIpc) is 2.54. The molecule has 1 aromatic heterocycles. The van der Waals surface area contributed by atoms with Gasteiger partial charge in [-0.05, 0) is 30.4 Å². The Morgan fingerprint density at radius 3 is 2.77 bits per heavy atom. The highest BCUT2D eigenvalue weighted by atomic mass is 32.1. The van der Waals surface area contributed by atoms with E-state index in [0.717, 1.165) is 17.9 Å². The first-order valence-corrected chi connectivity index (χ1v) is 5.35. The van der Waals surface area contributed by atoms with Crippen molar-refractivity contribution in [3.63, 3.8) is 0 Å². The Bertz CT molecular complexity index is 245. The van der Waals surface area contributed by atoms with Crippen molar-refractivity contribution in [2.24, 2.45) is 0 Å². The van der Waals surface area contributed by atoms with Crippen LogP contribution in [0, 0.1) is 6.92 Å². The van der Waals surface area contributed by atoms with Crippen molar-refractivity contribution < 1.29 is 9.47 Å². The van der Waals surface area contributed by atoms with E-state index in [0.29, 0.717) is 0 Å². The maximum absolute atomic E-state index is 5.53. The van der Waals surface area contributed by atoms with E-state index < -0.39 is 0 Å². The van der Waals surface area contributed by atoms with E-state index in [1.165, 1.54) is 5.56 Å². The van der Waals surface area contributed by atoms with Gasteiger partial charge in [-0.1, -0.05) is 6.92 Å². The Kier molecular flexibility index (Phi) is 4.42. The fourth-order valence-electron chi connectivity index (χ4n) is 1.07. The van der Waals surface area contributed by atoms with E-state index in [4.69, 9.17) is 9.47 Å². The zero-order valence-corrected chi connectivity index (χ0v) is 9.19. The predicted molar refractivity (Wildman–Crippen MR) is 55.0 cm³/mol. The Morgan fingerprint density at radius 1 is 1.54 bits per heavy atom. The molecule has 0 aliphatic heterocycles. The summed E-state index contributed by atoms with van der Waals surface area (Å²) in [6.07, 6.45) is 0.836. The van der Waals surface area contributed by atoms with Crippen LogP contribution in [0.15, 0.2) is 11.4 Å². The number of methoxy groups -OCH3 is 1. The number of rotatable bonds is 5. The molecule has 3 heteroatoms. The minimum absolute atomic E-state index is 0.182. The fourth-order valence-corrected chi connectivity index (χ4v) is 1.99. The number of thiophene rings is 1. The highest BCUT2D eigenvalue weighted by Gasteiger charge is 2.11. The Balaban J connectivity index is 2.56. The van der Waals surface area contributed by atoms with Gasteiger partial charge >= 0.3 is 0 Å². The molecule has 13 heavy (non-hydrogen) atoms. The van der Waals surface area contributed by atoms with Gasteiger partial charge in [0.25, 0.3) is 0 Å². The molecule has 0 aliphatic rings. The molecular weight excluding hydrogens is 184 g/mol. The van der Waals surface area contributed by atoms with Crippen molar-refractivity contribution in [1.29, 1.82) is 0 Å². The molecule has 0 fully saturated rings. The van der Waals surface area contributed by atoms with E-state index in [9.17, 15) is 0 Å². The highest BCUT2D eigenvalue weighted by Crippen LogP contribution is 2.25. The third kappa shape index (κ3) is 3.10. The SMILES string of the molecule is CCCOC(OC)c1cc(C)cs1. The molecule has 0 bridgehead atoms. The van der Waals surface area contributed by atoms with Crippen molar-refractivity contribution in [2.75, 3.05) is 13.7 Å². The number of hydrogen-bond donors (Lipinski definition) is 0. The zero-order chi connectivity index (χ0) is 9.68. The van der Waals surface area contributed by atoms with Crippen LogP contribution in [0.3, 0.4) is 0 Å². The van der Waals surface area contributed by atoms with Crippen LogP contribution < -0.4 is 0 Å². The monoisotopic (exact) mass is 200 g/mol. The van der Waals surface area contributed by atoms with Gasteiger partial charge in [-0.15, -0.1) is 11.3 Å². The first-order valence-electron chi connectivity index (χ1n) is 4.47. The van der Waals surface area contributed by atoms with E-state index in [1.54, 1.807) is 18.4 Å². The zero-order valence-electron chi connectivity index (χ0n) is 8.37. The third-order valence-corrected chi connectivity index (χ3v) is 2.74. The number of hydrogen-bond acceptors (Lipinski definition) is 3. The normalized spacial score (nSPS) is 13.2. The van der Waals surface area contributed by atoms with Crippen LogP contribution in [-0.4, -0.2) is 13.7 Å². The second kappa shape index (κ2) is 5.37. The molecule has 1 unspecified atom stereocenters. The molecule has 0 saturated carbocycles. The van der Waals surface area contributed by atoms with Crippen LogP contribution in [0.25, 0.3) is 0 Å². The van der Waals surface area contributed by atoms with Crippen molar-refractivity contribution in [3.8, 4) is 0 Å². The van der Waals surface area contributed by atoms with Gasteiger partial charge in [0.05, 0.1) is 4.88 Å². The molecule has 0 aromatic carbocycles. The lowest BCUT2D eigenvalue weighted by atomic mass is 10.3. The molecule has 1 aromatic rings. The fraction of sp³-hybridized carbons (Fsp3) is 0.600. The summed E-state index contributed by atoms with van der Waals surface area (Å²) in [6, 6.07) is 2.11. The molecule has 0 spiro atoms. The minimum Gasteiger partial charge on any atom is -0.351 e. The molecule has 74 valence electrons. The van der Waals surface area contributed by atoms with Gasteiger partial charge in [0.2, 0.25) is 0 Å². The van der Waals surface area contributed by atoms with Gasteiger partial charge in [-0.25, -0.2) is 0 Å². The molecule has 2 nitrogen and oxygen atoms in total. The topological polar surface area (TPSA) is 18.5 Å². The van der Waals surface area contributed by atoms with Crippen LogP contribution in [-0.2, 0) is 9.47 Å². The van der Waals surface area contributed by atoms with Gasteiger partial charge in [-0.2, -0.15) is 0 Å². The molecule has 0 aliphatic carbocycles. The largest absolute Gasteiger partial charge is 0.351 e. The Morgan fingerprint density at radius 2 is 2.31 bits per heavy atom. The summed E-state index contributed by atoms with van der Waals surface area (Å²) in [6.45, 7) is 4.91. The first-order chi connectivity index (χ1) is 6.27. The minimum atomic E-state index is -0.182. The smallest absolute Gasteiger partial charge is 0.192 e. The van der Waals surface area contributed by atoms with Crippen molar-refractivity contribution in [2.45, 2.75) is 26.6 Å².